The highest BCUT2D eigenvalue weighted by Gasteiger charge is 1.91. The van der Waals surface area contributed by atoms with Crippen molar-refractivity contribution in [3.8, 4) is 5.88 Å². The Hall–Kier alpha value is -1.19. The van der Waals surface area contributed by atoms with Gasteiger partial charge in [-0.25, -0.2) is 5.10 Å². The lowest BCUT2D eigenvalue weighted by atomic mass is 10.6. The SMILES string of the molecule is [2H]C([2H])([2H])Oc1cc(N)n[nH]1. The van der Waals surface area contributed by atoms with E-state index in [4.69, 9.17) is 9.85 Å². The van der Waals surface area contributed by atoms with Gasteiger partial charge in [-0.1, -0.05) is 0 Å². The number of anilines is 1. The van der Waals surface area contributed by atoms with E-state index in [2.05, 4.69) is 14.9 Å². The van der Waals surface area contributed by atoms with Crippen molar-refractivity contribution in [2.75, 3.05) is 12.8 Å². The summed E-state index contributed by atoms with van der Waals surface area (Å²) in [5, 5.41) is 5.78. The van der Waals surface area contributed by atoms with E-state index in [0.29, 0.717) is 0 Å². The fourth-order valence-corrected chi connectivity index (χ4v) is 0.371. The maximum Gasteiger partial charge on any atom is 0.210 e. The van der Waals surface area contributed by atoms with E-state index in [1.54, 1.807) is 0 Å². The quantitative estimate of drug-likeness (QED) is 0.542. The average Bonchev–Trinajstić information content (AvgIpc) is 2.10. The number of ether oxygens (including phenoxy) is 1. The largest absolute Gasteiger partial charge is 0.481 e. The Labute approximate surface area is 50.9 Å². The second-order valence-electron chi connectivity index (χ2n) is 1.26. The Bertz CT molecular complexity index is 243. The highest BCUT2D eigenvalue weighted by atomic mass is 16.5. The highest BCUT2D eigenvalue weighted by molar-refractivity contribution is 5.31. The smallest absolute Gasteiger partial charge is 0.210 e. The lowest BCUT2D eigenvalue weighted by Gasteiger charge is -1.86. The van der Waals surface area contributed by atoms with E-state index < -0.39 is 7.04 Å². The number of aromatic amines is 1. The zero-order valence-electron chi connectivity index (χ0n) is 7.01. The number of nitrogen functional groups attached to an aromatic ring is 1. The van der Waals surface area contributed by atoms with E-state index in [-0.39, 0.29) is 11.7 Å². The summed E-state index contributed by atoms with van der Waals surface area (Å²) < 4.78 is 24.5. The number of rotatable bonds is 1. The number of methoxy groups -OCH3 is 1. The molecule has 4 heteroatoms. The Morgan fingerprint density at radius 1 is 2.12 bits per heavy atom. The first-order valence-corrected chi connectivity index (χ1v) is 1.97. The lowest BCUT2D eigenvalue weighted by molar-refractivity contribution is 0.397. The van der Waals surface area contributed by atoms with E-state index >= 15 is 0 Å². The molecule has 3 N–H and O–H groups in total. The first-order valence-electron chi connectivity index (χ1n) is 3.47. The van der Waals surface area contributed by atoms with Crippen LogP contribution in [0.2, 0.25) is 0 Å². The summed E-state index contributed by atoms with van der Waals surface area (Å²) in [6.45, 7) is 0. The van der Waals surface area contributed by atoms with Crippen molar-refractivity contribution in [2.45, 2.75) is 0 Å². The Morgan fingerprint density at radius 3 is 3.50 bits per heavy atom. The number of hydrogen-bond acceptors (Lipinski definition) is 3. The van der Waals surface area contributed by atoms with Crippen LogP contribution < -0.4 is 10.5 Å². The molecule has 0 aliphatic carbocycles. The molecule has 0 spiro atoms. The molecule has 0 aliphatic heterocycles. The van der Waals surface area contributed by atoms with Crippen LogP contribution in [0, 0.1) is 0 Å². The molecule has 0 atom stereocenters. The van der Waals surface area contributed by atoms with Crippen LogP contribution in [0.25, 0.3) is 0 Å². The van der Waals surface area contributed by atoms with Crippen LogP contribution in [0.4, 0.5) is 5.82 Å². The summed E-state index contributed by atoms with van der Waals surface area (Å²) in [4.78, 5) is 0. The standard InChI is InChI=1S/C4H7N3O/c1-8-4-2-3(5)6-7-4/h2H,1H3,(H3,5,6,7)/i1D3. The number of nitrogens with two attached hydrogens (primary N) is 1. The second kappa shape index (κ2) is 1.73. The van der Waals surface area contributed by atoms with Gasteiger partial charge in [-0.15, -0.1) is 0 Å². The topological polar surface area (TPSA) is 63.9 Å². The first-order chi connectivity index (χ1) is 4.97. The van der Waals surface area contributed by atoms with Gasteiger partial charge in [0.2, 0.25) is 5.88 Å². The maximum atomic E-state index is 6.70. The molecule has 1 aromatic rings. The molecular formula is C4H7N3O. The van der Waals surface area contributed by atoms with E-state index in [1.807, 2.05) is 0 Å². The van der Waals surface area contributed by atoms with E-state index in [1.165, 1.54) is 6.07 Å². The predicted octanol–water partition coefficient (Wildman–Crippen LogP) is 0.000500. The van der Waals surface area contributed by atoms with Crippen LogP contribution in [-0.2, 0) is 0 Å². The molecule has 1 rings (SSSR count). The molecule has 1 aromatic heterocycles. The fraction of sp³-hybridized carbons (Fsp3) is 0.250. The molecule has 0 bridgehead atoms. The number of aromatic nitrogens is 2. The molecule has 8 heavy (non-hydrogen) atoms. The first kappa shape index (κ1) is 2.39. The van der Waals surface area contributed by atoms with Gasteiger partial charge in [0.15, 0.2) is 0 Å². The lowest BCUT2D eigenvalue weighted by Crippen LogP contribution is -1.81. The summed E-state index contributed by atoms with van der Waals surface area (Å²) in [5.41, 5.74) is 5.19. The Morgan fingerprint density at radius 2 is 3.00 bits per heavy atom. The molecule has 4 nitrogen and oxygen atoms in total. The van der Waals surface area contributed by atoms with Gasteiger partial charge in [0.05, 0.1) is 11.2 Å². The summed E-state index contributed by atoms with van der Waals surface area (Å²) in [5.74, 6) is 0.242. The summed E-state index contributed by atoms with van der Waals surface area (Å²) in [6.07, 6.45) is 0. The molecule has 0 aliphatic rings. The maximum absolute atomic E-state index is 6.70. The molecule has 44 valence electrons. The van der Waals surface area contributed by atoms with Crippen molar-refractivity contribution in [1.82, 2.24) is 10.2 Å². The van der Waals surface area contributed by atoms with Crippen LogP contribution in [0.3, 0.4) is 0 Å². The summed E-state index contributed by atoms with van der Waals surface area (Å²) in [7, 11) is -2.46. The van der Waals surface area contributed by atoms with E-state index in [0.717, 1.165) is 0 Å². The number of nitrogens with zero attached hydrogens (tertiary/aromatic N) is 1. The number of H-pyrrole nitrogens is 1. The Balaban J connectivity index is 2.65. The van der Waals surface area contributed by atoms with Crippen LogP contribution in [-0.4, -0.2) is 17.2 Å². The molecule has 1 heterocycles. The van der Waals surface area contributed by atoms with Gasteiger partial charge in [-0.05, 0) is 0 Å². The van der Waals surface area contributed by atoms with Crippen LogP contribution >= 0.6 is 0 Å². The van der Waals surface area contributed by atoms with Gasteiger partial charge < -0.3 is 10.5 Å². The van der Waals surface area contributed by atoms with Gasteiger partial charge in [0.1, 0.15) is 5.82 Å². The molecule has 0 radical (unpaired) electrons. The summed E-state index contributed by atoms with van der Waals surface area (Å²) in [6, 6.07) is 1.30. The fourth-order valence-electron chi connectivity index (χ4n) is 0.371. The van der Waals surface area contributed by atoms with Gasteiger partial charge >= 0.3 is 0 Å². The van der Waals surface area contributed by atoms with Gasteiger partial charge in [0.25, 0.3) is 0 Å². The van der Waals surface area contributed by atoms with Crippen LogP contribution in [0.5, 0.6) is 5.88 Å². The van der Waals surface area contributed by atoms with Crippen molar-refractivity contribution < 1.29 is 8.85 Å². The molecular weight excluding hydrogens is 106 g/mol. The third-order valence-electron chi connectivity index (χ3n) is 0.684. The minimum absolute atomic E-state index is 0.0440. The van der Waals surface area contributed by atoms with Crippen molar-refractivity contribution in [1.29, 1.82) is 0 Å². The molecule has 0 amide bonds. The number of hydrogen-bond donors (Lipinski definition) is 2. The monoisotopic (exact) mass is 116 g/mol. The minimum Gasteiger partial charge on any atom is -0.481 e. The van der Waals surface area contributed by atoms with E-state index in [9.17, 15) is 0 Å². The molecule has 0 saturated carbocycles. The van der Waals surface area contributed by atoms with Gasteiger partial charge in [-0.2, -0.15) is 5.10 Å². The zero-order chi connectivity index (χ0) is 8.48. The summed E-state index contributed by atoms with van der Waals surface area (Å²) >= 11 is 0. The molecule has 0 aromatic carbocycles. The minimum atomic E-state index is -2.46. The van der Waals surface area contributed by atoms with Crippen molar-refractivity contribution in [3.05, 3.63) is 6.07 Å². The van der Waals surface area contributed by atoms with Crippen LogP contribution in [0.15, 0.2) is 6.07 Å². The molecule has 0 saturated heterocycles. The molecule has 0 unspecified atom stereocenters. The Kier molecular flexibility index (Phi) is 0.517. The number of nitrogens with one attached hydrogen (secondary N) is 1. The normalized spacial score (nSPS) is 16.2. The van der Waals surface area contributed by atoms with Gasteiger partial charge in [0, 0.05) is 6.07 Å². The predicted molar refractivity (Wildman–Crippen MR) is 29.6 cm³/mol. The zero-order valence-corrected chi connectivity index (χ0v) is 4.01. The van der Waals surface area contributed by atoms with Crippen LogP contribution in [0.1, 0.15) is 4.11 Å². The van der Waals surface area contributed by atoms with Crippen molar-refractivity contribution in [3.63, 3.8) is 0 Å². The third-order valence-corrected chi connectivity index (χ3v) is 0.684. The second-order valence-corrected chi connectivity index (χ2v) is 1.26. The molecule has 0 fully saturated rings. The van der Waals surface area contributed by atoms with Crippen molar-refractivity contribution >= 4 is 5.82 Å². The van der Waals surface area contributed by atoms with Crippen molar-refractivity contribution in [2.24, 2.45) is 0 Å². The highest BCUT2D eigenvalue weighted by Crippen LogP contribution is 2.06. The van der Waals surface area contributed by atoms with Gasteiger partial charge in [-0.3, -0.25) is 0 Å². The third kappa shape index (κ3) is 0.726. The average molecular weight is 116 g/mol.